The summed E-state index contributed by atoms with van der Waals surface area (Å²) in [4.78, 5) is 22.6. The number of hydrogen-bond donors (Lipinski definition) is 2. The molecule has 0 spiro atoms. The van der Waals surface area contributed by atoms with Crippen LogP contribution in [0.2, 0.25) is 0 Å². The molecule has 4 rings (SSSR count). The van der Waals surface area contributed by atoms with Gasteiger partial charge in [-0.25, -0.2) is 0 Å². The lowest BCUT2D eigenvalue weighted by Gasteiger charge is -2.64. The zero-order valence-electron chi connectivity index (χ0n) is 16.1. The second kappa shape index (κ2) is 5.95. The normalized spacial score (nSPS) is 53.1. The van der Waals surface area contributed by atoms with Gasteiger partial charge >= 0.3 is 5.97 Å². The van der Waals surface area contributed by atoms with Crippen LogP contribution in [-0.2, 0) is 14.3 Å². The van der Waals surface area contributed by atoms with Crippen LogP contribution in [0.1, 0.15) is 71.6 Å². The quantitative estimate of drug-likeness (QED) is 0.751. The van der Waals surface area contributed by atoms with Crippen molar-refractivity contribution in [3.8, 4) is 0 Å². The Kier molecular flexibility index (Phi) is 4.18. The number of fused-ring (bicyclic) bond motifs is 5. The predicted molar refractivity (Wildman–Crippen MR) is 97.2 cm³/mol. The molecule has 4 saturated carbocycles. The third kappa shape index (κ3) is 2.25. The number of carbonyl (C=O) groups excluding carboxylic acids is 1. The zero-order chi connectivity index (χ0) is 18.7. The van der Waals surface area contributed by atoms with Gasteiger partial charge in [-0.1, -0.05) is 13.8 Å². The Morgan fingerprint density at radius 1 is 1.08 bits per heavy atom. The number of carboxylic acid groups (broad SMARTS) is 1. The Morgan fingerprint density at radius 2 is 1.85 bits per heavy atom. The summed E-state index contributed by atoms with van der Waals surface area (Å²) in [5.74, 6) is 0.631. The first-order chi connectivity index (χ1) is 12.3. The van der Waals surface area contributed by atoms with Crippen LogP contribution >= 0.6 is 0 Å². The molecular formula is C21H33NO4. The number of aliphatic carboxylic acids is 1. The van der Waals surface area contributed by atoms with E-state index in [0.717, 1.165) is 57.8 Å². The average molecular weight is 363 g/mol. The van der Waals surface area contributed by atoms with E-state index in [4.69, 9.17) is 10.5 Å². The molecular weight excluding hydrogens is 330 g/mol. The van der Waals surface area contributed by atoms with Gasteiger partial charge in [-0.3, -0.25) is 9.59 Å². The maximum atomic E-state index is 11.9. The van der Waals surface area contributed by atoms with E-state index in [1.54, 1.807) is 0 Å². The molecule has 3 N–H and O–H groups in total. The van der Waals surface area contributed by atoms with Crippen LogP contribution < -0.4 is 5.73 Å². The highest BCUT2D eigenvalue weighted by atomic mass is 16.5. The monoisotopic (exact) mass is 363 g/mol. The fourth-order valence-corrected chi connectivity index (χ4v) is 7.89. The van der Waals surface area contributed by atoms with E-state index in [2.05, 4.69) is 13.8 Å². The fourth-order valence-electron chi connectivity index (χ4n) is 7.89. The molecule has 0 aromatic rings. The van der Waals surface area contributed by atoms with Crippen LogP contribution in [0.5, 0.6) is 0 Å². The zero-order valence-corrected chi connectivity index (χ0v) is 16.1. The summed E-state index contributed by atoms with van der Waals surface area (Å²) in [6, 6.07) is 0. The number of carboxylic acids is 1. The summed E-state index contributed by atoms with van der Waals surface area (Å²) in [7, 11) is 0. The molecule has 0 amide bonds. The van der Waals surface area contributed by atoms with Crippen molar-refractivity contribution in [3.05, 3.63) is 0 Å². The Morgan fingerprint density at radius 3 is 2.54 bits per heavy atom. The van der Waals surface area contributed by atoms with Crippen LogP contribution in [-0.4, -0.2) is 29.2 Å². The predicted octanol–water partition coefficient (Wildman–Crippen LogP) is 3.35. The number of hydrogen-bond acceptors (Lipinski definition) is 4. The van der Waals surface area contributed by atoms with Crippen molar-refractivity contribution < 1.29 is 19.4 Å². The highest BCUT2D eigenvalue weighted by molar-refractivity contribution is 5.72. The van der Waals surface area contributed by atoms with Gasteiger partial charge in [-0.05, 0) is 86.4 Å². The van der Waals surface area contributed by atoms with Crippen LogP contribution in [0.25, 0.3) is 0 Å². The largest absolute Gasteiger partial charge is 0.481 e. The van der Waals surface area contributed by atoms with Gasteiger partial charge < -0.3 is 15.6 Å². The van der Waals surface area contributed by atoms with Gasteiger partial charge in [0, 0.05) is 5.54 Å². The number of carbonyl (C=O) groups is 2. The van der Waals surface area contributed by atoms with E-state index in [1.807, 2.05) is 0 Å². The van der Waals surface area contributed by atoms with Crippen LogP contribution in [0.4, 0.5) is 0 Å². The molecule has 8 atom stereocenters. The van der Waals surface area contributed by atoms with Crippen molar-refractivity contribution in [2.75, 3.05) is 0 Å². The lowest BCUT2D eigenvalue weighted by atomic mass is 9.42. The van der Waals surface area contributed by atoms with Crippen LogP contribution in [0.3, 0.4) is 0 Å². The molecule has 4 unspecified atom stereocenters. The molecule has 26 heavy (non-hydrogen) atoms. The first-order valence-electron chi connectivity index (χ1n) is 10.4. The second-order valence-corrected chi connectivity index (χ2v) is 10.0. The molecule has 0 aromatic carbocycles. The topological polar surface area (TPSA) is 89.6 Å². The maximum absolute atomic E-state index is 11.9. The molecule has 0 aromatic heterocycles. The first-order valence-corrected chi connectivity index (χ1v) is 10.4. The van der Waals surface area contributed by atoms with Crippen molar-refractivity contribution in [2.24, 2.45) is 40.2 Å². The molecule has 0 heterocycles. The maximum Gasteiger partial charge on any atom is 0.307 e. The van der Waals surface area contributed by atoms with Crippen molar-refractivity contribution in [2.45, 2.75) is 83.3 Å². The van der Waals surface area contributed by atoms with E-state index >= 15 is 0 Å². The highest BCUT2D eigenvalue weighted by Crippen LogP contribution is 2.68. The van der Waals surface area contributed by atoms with E-state index in [-0.39, 0.29) is 28.4 Å². The molecule has 5 nitrogen and oxygen atoms in total. The molecule has 0 radical (unpaired) electrons. The molecule has 5 heteroatoms. The van der Waals surface area contributed by atoms with E-state index < -0.39 is 5.97 Å². The summed E-state index contributed by atoms with van der Waals surface area (Å²) in [6.07, 6.45) is 8.90. The van der Waals surface area contributed by atoms with Gasteiger partial charge in [0.15, 0.2) is 0 Å². The van der Waals surface area contributed by atoms with E-state index in [9.17, 15) is 14.7 Å². The van der Waals surface area contributed by atoms with Gasteiger partial charge in [0.2, 0.25) is 0 Å². The third-order valence-corrected chi connectivity index (χ3v) is 9.51. The van der Waals surface area contributed by atoms with Gasteiger partial charge in [0.1, 0.15) is 6.10 Å². The van der Waals surface area contributed by atoms with Crippen molar-refractivity contribution in [1.82, 2.24) is 0 Å². The van der Waals surface area contributed by atoms with E-state index in [1.165, 1.54) is 0 Å². The summed E-state index contributed by atoms with van der Waals surface area (Å²) in [6.45, 7) is 5.18. The van der Waals surface area contributed by atoms with Gasteiger partial charge in [-0.15, -0.1) is 0 Å². The molecule has 0 aliphatic heterocycles. The molecule has 146 valence electrons. The second-order valence-electron chi connectivity index (χ2n) is 10.0. The van der Waals surface area contributed by atoms with Gasteiger partial charge in [0.05, 0.1) is 5.92 Å². The number of ether oxygens (including phenoxy) is 1. The Hall–Kier alpha value is -1.10. The van der Waals surface area contributed by atoms with Crippen molar-refractivity contribution >= 4 is 12.4 Å². The molecule has 4 aliphatic rings. The van der Waals surface area contributed by atoms with E-state index in [0.29, 0.717) is 24.2 Å². The van der Waals surface area contributed by atoms with Gasteiger partial charge in [0.25, 0.3) is 6.47 Å². The van der Waals surface area contributed by atoms with Crippen LogP contribution in [0, 0.1) is 34.5 Å². The minimum Gasteiger partial charge on any atom is -0.481 e. The number of nitrogens with two attached hydrogens (primary N) is 1. The third-order valence-electron chi connectivity index (χ3n) is 9.51. The highest BCUT2D eigenvalue weighted by Gasteiger charge is 2.67. The van der Waals surface area contributed by atoms with Gasteiger partial charge in [-0.2, -0.15) is 0 Å². The van der Waals surface area contributed by atoms with Crippen molar-refractivity contribution in [3.63, 3.8) is 0 Å². The lowest BCUT2D eigenvalue weighted by Crippen LogP contribution is -2.66. The Balaban J connectivity index is 1.61. The minimum absolute atomic E-state index is 0.0747. The summed E-state index contributed by atoms with van der Waals surface area (Å²) in [5, 5.41) is 9.75. The molecule has 4 aliphatic carbocycles. The standard InChI is InChI=1S/C21H33NO4/c1-19-8-5-14(26-12-23)11-13(19)3-4-16-15(19)6-9-20(2)17(18(24)25)7-10-21(16,20)22/h12-17H,3-11,22H2,1-2H3,(H,24,25)/t13?,14?,15-,16+,17?,19-,20+,21?/m0/s1. The summed E-state index contributed by atoms with van der Waals surface area (Å²) < 4.78 is 5.29. The molecule has 0 bridgehead atoms. The van der Waals surface area contributed by atoms with Crippen molar-refractivity contribution in [1.29, 1.82) is 0 Å². The SMILES string of the molecule is C[C@]12CCC(OC=O)CC1CC[C@@H]1[C@@H]2CC[C@]2(C)C(C(=O)O)CCC12N. The minimum atomic E-state index is -0.662. The molecule has 4 fully saturated rings. The number of rotatable bonds is 3. The lowest BCUT2D eigenvalue weighted by molar-refractivity contribution is -0.161. The molecule has 0 saturated heterocycles. The Labute approximate surface area is 156 Å². The first kappa shape index (κ1) is 18.3. The fraction of sp³-hybridized carbons (Fsp3) is 0.905. The van der Waals surface area contributed by atoms with Crippen LogP contribution in [0.15, 0.2) is 0 Å². The Bertz CT molecular complexity index is 609. The smallest absolute Gasteiger partial charge is 0.307 e. The summed E-state index contributed by atoms with van der Waals surface area (Å²) in [5.41, 5.74) is 6.73. The average Bonchev–Trinajstić information content (AvgIpc) is 2.87. The summed E-state index contributed by atoms with van der Waals surface area (Å²) >= 11 is 0.